The molecular formula is C22H22N2O6. The first-order chi connectivity index (χ1) is 14.5. The third-order valence-electron chi connectivity index (χ3n) is 5.95. The van der Waals surface area contributed by atoms with E-state index in [1.54, 1.807) is 55.6 Å². The molecule has 0 unspecified atom stereocenters. The lowest BCUT2D eigenvalue weighted by molar-refractivity contribution is -0.191. The maximum absolute atomic E-state index is 14.0. The van der Waals surface area contributed by atoms with Crippen LogP contribution in [0.4, 0.5) is 11.4 Å². The van der Waals surface area contributed by atoms with E-state index >= 15 is 0 Å². The summed E-state index contributed by atoms with van der Waals surface area (Å²) in [5, 5.41) is 1.37. The van der Waals surface area contributed by atoms with E-state index in [-0.39, 0.29) is 13.0 Å². The van der Waals surface area contributed by atoms with Crippen molar-refractivity contribution in [1.29, 1.82) is 0 Å². The van der Waals surface area contributed by atoms with Gasteiger partial charge in [0.25, 0.3) is 5.91 Å². The standard InChI is InChI=1S/C22H22N2O6/c1-23-17-12-8-7-11-16(17)22(18(23)25)21(19(26)28-2,20(27)29-3)13-14-30-24(22)15-9-5-4-6-10-15/h4-12H,13-14H2,1-3H3/t22-/m1/s1. The Balaban J connectivity index is 2.13. The van der Waals surface area contributed by atoms with Crippen LogP contribution in [-0.2, 0) is 34.2 Å². The number of nitrogens with zero attached hydrogens (tertiary/aromatic N) is 2. The summed E-state index contributed by atoms with van der Waals surface area (Å²) in [6, 6.07) is 15.9. The minimum absolute atomic E-state index is 0.0139. The van der Waals surface area contributed by atoms with Crippen molar-refractivity contribution in [3.05, 3.63) is 60.2 Å². The fourth-order valence-electron chi connectivity index (χ4n) is 4.65. The molecule has 8 nitrogen and oxygen atoms in total. The van der Waals surface area contributed by atoms with E-state index in [9.17, 15) is 14.4 Å². The lowest BCUT2D eigenvalue weighted by atomic mass is 9.62. The van der Waals surface area contributed by atoms with Gasteiger partial charge in [0.15, 0.2) is 5.54 Å². The zero-order valence-electron chi connectivity index (χ0n) is 17.0. The Morgan fingerprint density at radius 2 is 1.57 bits per heavy atom. The van der Waals surface area contributed by atoms with E-state index in [1.807, 2.05) is 6.07 Å². The van der Waals surface area contributed by atoms with Gasteiger partial charge in [0, 0.05) is 24.7 Å². The van der Waals surface area contributed by atoms with Crippen LogP contribution < -0.4 is 9.96 Å². The zero-order chi connectivity index (χ0) is 21.5. The van der Waals surface area contributed by atoms with E-state index in [1.165, 1.54) is 24.2 Å². The molecule has 156 valence electrons. The second-order valence-electron chi connectivity index (χ2n) is 7.19. The van der Waals surface area contributed by atoms with Gasteiger partial charge in [-0.3, -0.25) is 19.2 Å². The molecule has 4 rings (SSSR count). The minimum atomic E-state index is -1.97. The molecule has 0 aliphatic carbocycles. The molecule has 0 aromatic heterocycles. The van der Waals surface area contributed by atoms with Crippen LogP contribution >= 0.6 is 0 Å². The molecule has 0 N–H and O–H groups in total. The molecule has 2 heterocycles. The molecule has 1 amide bonds. The summed E-state index contributed by atoms with van der Waals surface area (Å²) in [5.41, 5.74) is -2.24. The Morgan fingerprint density at radius 1 is 0.967 bits per heavy atom. The predicted octanol–water partition coefficient (Wildman–Crippen LogP) is 2.03. The first-order valence-corrected chi connectivity index (χ1v) is 9.49. The fourth-order valence-corrected chi connectivity index (χ4v) is 4.65. The van der Waals surface area contributed by atoms with Crippen LogP contribution in [0.5, 0.6) is 0 Å². The fraction of sp³-hybridized carbons (Fsp3) is 0.318. The van der Waals surface area contributed by atoms with Gasteiger partial charge in [-0.25, -0.2) is 5.06 Å². The third-order valence-corrected chi connectivity index (χ3v) is 5.95. The van der Waals surface area contributed by atoms with E-state index in [4.69, 9.17) is 14.3 Å². The number of benzene rings is 2. The van der Waals surface area contributed by atoms with Crippen molar-refractivity contribution in [3.8, 4) is 0 Å². The topological polar surface area (TPSA) is 85.4 Å². The average Bonchev–Trinajstić information content (AvgIpc) is 3.02. The van der Waals surface area contributed by atoms with Crippen molar-refractivity contribution >= 4 is 29.2 Å². The summed E-state index contributed by atoms with van der Waals surface area (Å²) in [4.78, 5) is 48.0. The largest absolute Gasteiger partial charge is 0.468 e. The monoisotopic (exact) mass is 410 g/mol. The summed E-state index contributed by atoms with van der Waals surface area (Å²) >= 11 is 0. The summed E-state index contributed by atoms with van der Waals surface area (Å²) in [6.45, 7) is 0.0139. The number of amides is 1. The van der Waals surface area contributed by atoms with Crippen LogP contribution in [0.1, 0.15) is 12.0 Å². The number of rotatable bonds is 3. The number of likely N-dealkylation sites (N-methyl/N-ethyl adjacent to an activating group) is 1. The van der Waals surface area contributed by atoms with Gasteiger partial charge >= 0.3 is 11.9 Å². The number of hydrogen-bond donors (Lipinski definition) is 0. The number of carbonyl (C=O) groups is 3. The Bertz CT molecular complexity index is 992. The Kier molecular flexibility index (Phi) is 4.74. The molecular weight excluding hydrogens is 388 g/mol. The summed E-state index contributed by atoms with van der Waals surface area (Å²) < 4.78 is 10.2. The Hall–Kier alpha value is -3.39. The van der Waals surface area contributed by atoms with Crippen LogP contribution in [0.3, 0.4) is 0 Å². The molecule has 2 aliphatic rings. The highest BCUT2D eigenvalue weighted by molar-refractivity contribution is 6.18. The first kappa shape index (κ1) is 19.9. The van der Waals surface area contributed by atoms with Crippen molar-refractivity contribution < 1.29 is 28.7 Å². The van der Waals surface area contributed by atoms with Crippen LogP contribution in [0, 0.1) is 5.41 Å². The summed E-state index contributed by atoms with van der Waals surface area (Å²) in [7, 11) is 3.99. The van der Waals surface area contributed by atoms with Gasteiger partial charge in [-0.15, -0.1) is 0 Å². The van der Waals surface area contributed by atoms with Gasteiger partial charge in [0.05, 0.1) is 26.5 Å². The van der Waals surface area contributed by atoms with Crippen molar-refractivity contribution in [2.75, 3.05) is 37.8 Å². The average molecular weight is 410 g/mol. The quantitative estimate of drug-likeness (QED) is 0.565. The van der Waals surface area contributed by atoms with E-state index in [2.05, 4.69) is 0 Å². The van der Waals surface area contributed by atoms with Crippen LogP contribution in [0.2, 0.25) is 0 Å². The van der Waals surface area contributed by atoms with Gasteiger partial charge in [-0.2, -0.15) is 0 Å². The SMILES string of the molecule is COC(=O)C1(C(=O)OC)CCON(c2ccccc2)[C@]12C(=O)N(C)c1ccccc12. The van der Waals surface area contributed by atoms with Crippen LogP contribution in [0.25, 0.3) is 0 Å². The molecule has 0 bridgehead atoms. The molecule has 0 radical (unpaired) electrons. The minimum Gasteiger partial charge on any atom is -0.468 e. The third kappa shape index (κ3) is 2.28. The van der Waals surface area contributed by atoms with Gasteiger partial charge in [-0.05, 0) is 18.2 Å². The highest BCUT2D eigenvalue weighted by Crippen LogP contribution is 2.59. The number of esters is 2. The van der Waals surface area contributed by atoms with Crippen molar-refractivity contribution in [1.82, 2.24) is 0 Å². The number of para-hydroxylation sites is 2. The summed E-state index contributed by atoms with van der Waals surface area (Å²) in [6.07, 6.45) is -0.0798. The highest BCUT2D eigenvalue weighted by atomic mass is 16.7. The van der Waals surface area contributed by atoms with Gasteiger partial charge in [0.1, 0.15) is 0 Å². The van der Waals surface area contributed by atoms with Gasteiger partial charge in [0.2, 0.25) is 5.41 Å². The number of methoxy groups -OCH3 is 2. The lowest BCUT2D eigenvalue weighted by Gasteiger charge is -2.52. The molecule has 30 heavy (non-hydrogen) atoms. The molecule has 1 fully saturated rings. The molecule has 0 saturated carbocycles. The normalized spacial score (nSPS) is 22.0. The molecule has 8 heteroatoms. The number of carbonyl (C=O) groups excluding carboxylic acids is 3. The smallest absolute Gasteiger partial charge is 0.326 e. The summed E-state index contributed by atoms with van der Waals surface area (Å²) in [5.74, 6) is -2.18. The number of fused-ring (bicyclic) bond motifs is 2. The van der Waals surface area contributed by atoms with Crippen LogP contribution in [0.15, 0.2) is 54.6 Å². The van der Waals surface area contributed by atoms with Crippen molar-refractivity contribution in [2.45, 2.75) is 12.0 Å². The van der Waals surface area contributed by atoms with Crippen molar-refractivity contribution in [3.63, 3.8) is 0 Å². The first-order valence-electron chi connectivity index (χ1n) is 9.49. The van der Waals surface area contributed by atoms with Crippen LogP contribution in [-0.4, -0.2) is 45.7 Å². The van der Waals surface area contributed by atoms with Crippen molar-refractivity contribution in [2.24, 2.45) is 5.41 Å². The lowest BCUT2D eigenvalue weighted by Crippen LogP contribution is -2.71. The highest BCUT2D eigenvalue weighted by Gasteiger charge is 2.76. The Labute approximate surface area is 173 Å². The molecule has 1 spiro atoms. The maximum Gasteiger partial charge on any atom is 0.326 e. The molecule has 1 atom stereocenters. The van der Waals surface area contributed by atoms with Gasteiger partial charge in [-0.1, -0.05) is 36.4 Å². The van der Waals surface area contributed by atoms with E-state index < -0.39 is 28.8 Å². The molecule has 2 aromatic carbocycles. The second-order valence-corrected chi connectivity index (χ2v) is 7.19. The maximum atomic E-state index is 14.0. The van der Waals surface area contributed by atoms with E-state index in [0.29, 0.717) is 16.9 Å². The number of hydroxylamine groups is 1. The number of hydrogen-bond acceptors (Lipinski definition) is 7. The molecule has 1 saturated heterocycles. The molecule has 2 aliphatic heterocycles. The zero-order valence-corrected chi connectivity index (χ0v) is 17.0. The van der Waals surface area contributed by atoms with E-state index in [0.717, 1.165) is 0 Å². The molecule has 2 aromatic rings. The Morgan fingerprint density at radius 3 is 2.20 bits per heavy atom. The number of ether oxygens (including phenoxy) is 2. The predicted molar refractivity (Wildman–Crippen MR) is 107 cm³/mol. The van der Waals surface area contributed by atoms with Gasteiger partial charge < -0.3 is 14.4 Å². The number of anilines is 2. The second kappa shape index (κ2) is 7.14.